The third-order valence-electron chi connectivity index (χ3n) is 3.83. The van der Waals surface area contributed by atoms with Crippen LogP contribution in [0.4, 0.5) is 4.39 Å². The van der Waals surface area contributed by atoms with Gasteiger partial charge in [-0.15, -0.1) is 0 Å². The fraction of sp³-hybridized carbons (Fsp3) is 0.533. The van der Waals surface area contributed by atoms with Crippen LogP contribution in [0.2, 0.25) is 0 Å². The maximum Gasteiger partial charge on any atom is 0.227 e. The average molecular weight is 264 g/mol. The van der Waals surface area contributed by atoms with Crippen molar-refractivity contribution in [2.45, 2.75) is 44.7 Å². The molecule has 0 radical (unpaired) electrons. The first-order chi connectivity index (χ1) is 9.11. The van der Waals surface area contributed by atoms with Crippen molar-refractivity contribution < 1.29 is 9.18 Å². The Morgan fingerprint density at radius 3 is 2.95 bits per heavy atom. The zero-order valence-electron chi connectivity index (χ0n) is 11.3. The van der Waals surface area contributed by atoms with E-state index in [4.69, 9.17) is 5.73 Å². The zero-order valence-corrected chi connectivity index (χ0v) is 11.3. The lowest BCUT2D eigenvalue weighted by Crippen LogP contribution is -2.52. The van der Waals surface area contributed by atoms with Crippen molar-refractivity contribution in [1.29, 1.82) is 0 Å². The van der Waals surface area contributed by atoms with Crippen LogP contribution >= 0.6 is 0 Å². The number of hydrogen-bond donors (Lipinski definition) is 1. The van der Waals surface area contributed by atoms with E-state index in [1.807, 2.05) is 4.90 Å². The quantitative estimate of drug-likeness (QED) is 0.908. The standard InChI is InChI=1S/C15H21FN2O/c1-11-4-2-7-14(10-17)18(11)15(19)9-12-5-3-6-13(16)8-12/h3,5-6,8,11,14H,2,4,7,9-10,17H2,1H3. The van der Waals surface area contributed by atoms with Crippen LogP contribution in [0, 0.1) is 5.82 Å². The summed E-state index contributed by atoms with van der Waals surface area (Å²) in [6.45, 7) is 2.56. The lowest BCUT2D eigenvalue weighted by Gasteiger charge is -2.40. The van der Waals surface area contributed by atoms with Crippen LogP contribution in [0.15, 0.2) is 24.3 Å². The Hall–Kier alpha value is -1.42. The van der Waals surface area contributed by atoms with Crippen molar-refractivity contribution in [3.63, 3.8) is 0 Å². The largest absolute Gasteiger partial charge is 0.335 e. The monoisotopic (exact) mass is 264 g/mol. The number of likely N-dealkylation sites (tertiary alicyclic amines) is 1. The van der Waals surface area contributed by atoms with Crippen molar-refractivity contribution in [3.05, 3.63) is 35.6 Å². The number of amides is 1. The summed E-state index contributed by atoms with van der Waals surface area (Å²) in [4.78, 5) is 14.3. The zero-order chi connectivity index (χ0) is 13.8. The maximum atomic E-state index is 13.1. The summed E-state index contributed by atoms with van der Waals surface area (Å²) in [5.74, 6) is -0.249. The minimum atomic E-state index is -0.299. The number of rotatable bonds is 3. The van der Waals surface area contributed by atoms with E-state index in [0.29, 0.717) is 6.54 Å². The first kappa shape index (κ1) is 14.0. The molecule has 1 aliphatic rings. The molecule has 0 aliphatic carbocycles. The Bertz CT molecular complexity index is 450. The van der Waals surface area contributed by atoms with Crippen LogP contribution in [0.1, 0.15) is 31.7 Å². The molecule has 2 unspecified atom stereocenters. The van der Waals surface area contributed by atoms with E-state index < -0.39 is 0 Å². The van der Waals surface area contributed by atoms with Crippen molar-refractivity contribution in [2.24, 2.45) is 5.73 Å². The summed E-state index contributed by atoms with van der Waals surface area (Å²) in [6, 6.07) is 6.59. The molecule has 1 aromatic rings. The van der Waals surface area contributed by atoms with Gasteiger partial charge in [0.15, 0.2) is 0 Å². The number of benzene rings is 1. The van der Waals surface area contributed by atoms with Gasteiger partial charge in [0.25, 0.3) is 0 Å². The van der Waals surface area contributed by atoms with Gasteiger partial charge in [-0.3, -0.25) is 4.79 Å². The number of carbonyl (C=O) groups is 1. The Labute approximate surface area is 113 Å². The highest BCUT2D eigenvalue weighted by atomic mass is 19.1. The Morgan fingerprint density at radius 2 is 2.26 bits per heavy atom. The molecule has 3 nitrogen and oxygen atoms in total. The van der Waals surface area contributed by atoms with Crippen molar-refractivity contribution in [1.82, 2.24) is 4.90 Å². The van der Waals surface area contributed by atoms with Gasteiger partial charge < -0.3 is 10.6 Å². The molecule has 104 valence electrons. The second kappa shape index (κ2) is 6.15. The fourth-order valence-corrected chi connectivity index (χ4v) is 2.88. The summed E-state index contributed by atoms with van der Waals surface area (Å²) in [6.07, 6.45) is 3.35. The van der Waals surface area contributed by atoms with Crippen LogP contribution in [-0.2, 0) is 11.2 Å². The molecule has 0 spiro atoms. The molecule has 0 saturated carbocycles. The highest BCUT2D eigenvalue weighted by Gasteiger charge is 2.30. The number of nitrogens with zero attached hydrogens (tertiary/aromatic N) is 1. The lowest BCUT2D eigenvalue weighted by molar-refractivity contribution is -0.136. The highest BCUT2D eigenvalue weighted by Crippen LogP contribution is 2.23. The second-order valence-electron chi connectivity index (χ2n) is 5.28. The smallest absolute Gasteiger partial charge is 0.227 e. The van der Waals surface area contributed by atoms with E-state index in [1.165, 1.54) is 12.1 Å². The molecule has 0 aromatic heterocycles. The van der Waals surface area contributed by atoms with Crippen molar-refractivity contribution in [2.75, 3.05) is 6.54 Å². The Kier molecular flexibility index (Phi) is 4.53. The normalized spacial score (nSPS) is 23.4. The highest BCUT2D eigenvalue weighted by molar-refractivity contribution is 5.79. The van der Waals surface area contributed by atoms with E-state index in [0.717, 1.165) is 24.8 Å². The topological polar surface area (TPSA) is 46.3 Å². The molecule has 2 N–H and O–H groups in total. The lowest BCUT2D eigenvalue weighted by atomic mass is 9.95. The number of nitrogens with two attached hydrogens (primary N) is 1. The number of halogens is 1. The number of hydrogen-bond acceptors (Lipinski definition) is 2. The molecule has 2 atom stereocenters. The minimum Gasteiger partial charge on any atom is -0.335 e. The van der Waals surface area contributed by atoms with Gasteiger partial charge in [0.1, 0.15) is 5.82 Å². The molecule has 1 heterocycles. The van der Waals surface area contributed by atoms with E-state index in [2.05, 4.69) is 6.92 Å². The molecule has 19 heavy (non-hydrogen) atoms. The molecule has 0 bridgehead atoms. The molecular formula is C15H21FN2O. The van der Waals surface area contributed by atoms with Crippen molar-refractivity contribution >= 4 is 5.91 Å². The third-order valence-corrected chi connectivity index (χ3v) is 3.83. The van der Waals surface area contributed by atoms with Crippen LogP contribution in [0.3, 0.4) is 0 Å². The van der Waals surface area contributed by atoms with Crippen LogP contribution < -0.4 is 5.73 Å². The fourth-order valence-electron chi connectivity index (χ4n) is 2.88. The van der Waals surface area contributed by atoms with Crippen LogP contribution in [-0.4, -0.2) is 29.4 Å². The van der Waals surface area contributed by atoms with Gasteiger partial charge in [0.05, 0.1) is 6.42 Å². The van der Waals surface area contributed by atoms with Gasteiger partial charge in [-0.05, 0) is 43.9 Å². The molecule has 2 rings (SSSR count). The van der Waals surface area contributed by atoms with E-state index >= 15 is 0 Å². The number of piperidine rings is 1. The summed E-state index contributed by atoms with van der Waals surface area (Å²) < 4.78 is 13.1. The first-order valence-electron chi connectivity index (χ1n) is 6.87. The first-order valence-corrected chi connectivity index (χ1v) is 6.87. The van der Waals surface area contributed by atoms with Crippen LogP contribution in [0.5, 0.6) is 0 Å². The third kappa shape index (κ3) is 3.32. The maximum absolute atomic E-state index is 13.1. The van der Waals surface area contributed by atoms with Gasteiger partial charge in [0.2, 0.25) is 5.91 Å². The molecule has 4 heteroatoms. The summed E-state index contributed by atoms with van der Waals surface area (Å²) >= 11 is 0. The van der Waals surface area contributed by atoms with Crippen LogP contribution in [0.25, 0.3) is 0 Å². The SMILES string of the molecule is CC1CCCC(CN)N1C(=O)Cc1cccc(F)c1. The summed E-state index contributed by atoms with van der Waals surface area (Å²) in [7, 11) is 0. The van der Waals surface area contributed by atoms with Gasteiger partial charge in [-0.1, -0.05) is 12.1 Å². The van der Waals surface area contributed by atoms with Gasteiger partial charge in [-0.2, -0.15) is 0 Å². The Morgan fingerprint density at radius 1 is 1.47 bits per heavy atom. The summed E-state index contributed by atoms with van der Waals surface area (Å²) in [5, 5.41) is 0. The predicted octanol–water partition coefficient (Wildman–Crippen LogP) is 2.10. The molecule has 1 amide bonds. The molecule has 1 aromatic carbocycles. The molecular weight excluding hydrogens is 243 g/mol. The predicted molar refractivity (Wildman–Crippen MR) is 73.1 cm³/mol. The molecule has 1 aliphatic heterocycles. The second-order valence-corrected chi connectivity index (χ2v) is 5.28. The molecule has 1 saturated heterocycles. The van der Waals surface area contributed by atoms with Gasteiger partial charge in [-0.25, -0.2) is 4.39 Å². The van der Waals surface area contributed by atoms with Gasteiger partial charge in [0, 0.05) is 18.6 Å². The van der Waals surface area contributed by atoms with Gasteiger partial charge >= 0.3 is 0 Å². The molecule has 1 fully saturated rings. The van der Waals surface area contributed by atoms with E-state index in [1.54, 1.807) is 12.1 Å². The average Bonchev–Trinajstić information content (AvgIpc) is 2.38. The minimum absolute atomic E-state index is 0.0493. The van der Waals surface area contributed by atoms with E-state index in [-0.39, 0.29) is 30.2 Å². The van der Waals surface area contributed by atoms with Crippen molar-refractivity contribution in [3.8, 4) is 0 Å². The summed E-state index contributed by atoms with van der Waals surface area (Å²) in [5.41, 5.74) is 6.48. The number of carbonyl (C=O) groups excluding carboxylic acids is 1. The van der Waals surface area contributed by atoms with E-state index in [9.17, 15) is 9.18 Å². The Balaban J connectivity index is 2.09.